The third-order valence-corrected chi connectivity index (χ3v) is 12.4. The maximum absolute atomic E-state index is 14.0. The number of rotatable bonds is 12. The number of unbranched alkanes of at least 4 members (excludes halogenated alkanes) is 2. The van der Waals surface area contributed by atoms with Gasteiger partial charge in [-0.3, -0.25) is 9.59 Å². The summed E-state index contributed by atoms with van der Waals surface area (Å²) in [7, 11) is 0. The Morgan fingerprint density at radius 3 is 2.33 bits per heavy atom. The fraction of sp³-hybridized carbons (Fsp3) is 0.467. The number of amides is 2. The molecule has 0 radical (unpaired) electrons. The summed E-state index contributed by atoms with van der Waals surface area (Å²) in [6, 6.07) is 29.1. The number of hydrogen-bond donors (Lipinski definition) is 0. The molecule has 1 spiro atoms. The predicted octanol–water partition coefficient (Wildman–Crippen LogP) is 10.1. The monoisotopic (exact) mass is 654 g/mol. The lowest BCUT2D eigenvalue weighted by molar-refractivity contribution is -0.128. The topological polar surface area (TPSA) is 40.6 Å². The van der Waals surface area contributed by atoms with Gasteiger partial charge >= 0.3 is 0 Å². The second-order valence-corrected chi connectivity index (χ2v) is 15.4. The van der Waals surface area contributed by atoms with E-state index in [-0.39, 0.29) is 17.7 Å². The second-order valence-electron chi connectivity index (χ2n) is 15.4. The first-order valence-corrected chi connectivity index (χ1v) is 19.2. The number of likely N-dealkylation sites (tertiary alicyclic amines) is 1. The quantitative estimate of drug-likeness (QED) is 0.182. The summed E-state index contributed by atoms with van der Waals surface area (Å²) < 4.78 is 0. The van der Waals surface area contributed by atoms with Gasteiger partial charge < -0.3 is 9.80 Å². The lowest BCUT2D eigenvalue weighted by Crippen LogP contribution is -2.38. The summed E-state index contributed by atoms with van der Waals surface area (Å²) in [6.07, 6.45) is 25.2. The van der Waals surface area contributed by atoms with Gasteiger partial charge in [-0.25, -0.2) is 0 Å². The van der Waals surface area contributed by atoms with Crippen LogP contribution in [0.5, 0.6) is 0 Å². The van der Waals surface area contributed by atoms with E-state index in [0.717, 1.165) is 49.2 Å². The first-order valence-electron chi connectivity index (χ1n) is 19.2. The van der Waals surface area contributed by atoms with Crippen molar-refractivity contribution in [1.82, 2.24) is 4.90 Å². The summed E-state index contributed by atoms with van der Waals surface area (Å²) >= 11 is 0. The zero-order chi connectivity index (χ0) is 33.5. The molecule has 3 aromatic carbocycles. The Balaban J connectivity index is 0.880. The van der Waals surface area contributed by atoms with E-state index in [2.05, 4.69) is 72.8 Å². The molecule has 1 aliphatic heterocycles. The molecule has 4 heteroatoms. The molecule has 0 bridgehead atoms. The summed E-state index contributed by atoms with van der Waals surface area (Å²) in [5.74, 6) is 2.33. The van der Waals surface area contributed by atoms with Gasteiger partial charge in [-0.2, -0.15) is 0 Å². The highest BCUT2D eigenvalue weighted by Gasteiger charge is 2.46. The van der Waals surface area contributed by atoms with Gasteiger partial charge in [0.15, 0.2) is 0 Å². The van der Waals surface area contributed by atoms with Crippen LogP contribution in [0.4, 0.5) is 5.69 Å². The Bertz CT molecular complexity index is 1600. The number of allylic oxidation sites excluding steroid dienone is 4. The maximum atomic E-state index is 14.0. The van der Waals surface area contributed by atoms with E-state index in [1.54, 1.807) is 0 Å². The molecule has 5 unspecified atom stereocenters. The smallest absolute Gasteiger partial charge is 0.232 e. The summed E-state index contributed by atoms with van der Waals surface area (Å²) in [5.41, 5.74) is 5.12. The van der Waals surface area contributed by atoms with Crippen LogP contribution in [0.25, 0.3) is 11.1 Å². The van der Waals surface area contributed by atoms with Crippen molar-refractivity contribution in [2.24, 2.45) is 29.1 Å². The van der Waals surface area contributed by atoms with Crippen molar-refractivity contribution in [3.63, 3.8) is 0 Å². The van der Waals surface area contributed by atoms with Crippen molar-refractivity contribution in [3.8, 4) is 11.1 Å². The first-order chi connectivity index (χ1) is 24.1. The average Bonchev–Trinajstić information content (AvgIpc) is 3.63. The average molecular weight is 655 g/mol. The largest absolute Gasteiger partial charge is 0.342 e. The number of fused-ring (bicyclic) bond motifs is 2. The minimum atomic E-state index is -0.281. The molecule has 1 saturated heterocycles. The lowest BCUT2D eigenvalue weighted by Gasteiger charge is -2.35. The molecule has 3 fully saturated rings. The zero-order valence-corrected chi connectivity index (χ0v) is 29.2. The van der Waals surface area contributed by atoms with Crippen LogP contribution in [0.2, 0.25) is 0 Å². The van der Waals surface area contributed by atoms with Crippen LogP contribution in [-0.4, -0.2) is 36.3 Å². The summed E-state index contributed by atoms with van der Waals surface area (Å²) in [6.45, 7) is 1.88. The standard InChI is InChI=1S/C45H54N2O2/c48-43-33-40(34-46(43)32-27-36-21-23-38(24-22-36)37-15-5-1-6-16-37)44(49)47(41-18-7-2-8-19-41)31-11-3-4-13-35-14-12-28-45(29-25-35)30-26-39-17-9-10-20-42(39)45/h1-2,5-10,15-24,35,39-40,42H,3-4,11-14,25-34H2. The third kappa shape index (κ3) is 7.95. The highest BCUT2D eigenvalue weighted by Crippen LogP contribution is 2.57. The molecule has 0 aromatic heterocycles. The maximum Gasteiger partial charge on any atom is 0.232 e. The van der Waals surface area contributed by atoms with Crippen LogP contribution in [0.15, 0.2) is 109 Å². The predicted molar refractivity (Wildman–Crippen MR) is 201 cm³/mol. The molecule has 3 aliphatic carbocycles. The Hall–Kier alpha value is -3.92. The van der Waals surface area contributed by atoms with Crippen molar-refractivity contribution in [2.45, 2.75) is 83.5 Å². The van der Waals surface area contributed by atoms with E-state index >= 15 is 0 Å². The summed E-state index contributed by atoms with van der Waals surface area (Å²) in [4.78, 5) is 31.0. The summed E-state index contributed by atoms with van der Waals surface area (Å²) in [5, 5.41) is 0. The molecule has 49 heavy (non-hydrogen) atoms. The molecule has 1 heterocycles. The van der Waals surface area contributed by atoms with Gasteiger partial charge in [-0.1, -0.05) is 129 Å². The van der Waals surface area contributed by atoms with Gasteiger partial charge in [0.05, 0.1) is 5.92 Å². The fourth-order valence-electron chi connectivity index (χ4n) is 9.57. The van der Waals surface area contributed by atoms with Crippen molar-refractivity contribution in [1.29, 1.82) is 0 Å². The van der Waals surface area contributed by atoms with Crippen molar-refractivity contribution in [2.75, 3.05) is 24.5 Å². The Labute approximate surface area is 294 Å². The van der Waals surface area contributed by atoms with Crippen molar-refractivity contribution >= 4 is 17.5 Å². The van der Waals surface area contributed by atoms with Crippen LogP contribution in [0.3, 0.4) is 0 Å². The highest BCUT2D eigenvalue weighted by atomic mass is 16.2. The number of para-hydroxylation sites is 1. The molecule has 4 aliphatic rings. The van der Waals surface area contributed by atoms with Gasteiger partial charge in [-0.15, -0.1) is 0 Å². The van der Waals surface area contributed by atoms with E-state index in [9.17, 15) is 9.59 Å². The molecular formula is C45H54N2O2. The first kappa shape index (κ1) is 33.6. The van der Waals surface area contributed by atoms with Gasteiger partial charge in [0.2, 0.25) is 11.8 Å². The van der Waals surface area contributed by atoms with Crippen LogP contribution in [0, 0.1) is 29.1 Å². The molecular weight excluding hydrogens is 601 g/mol. The van der Waals surface area contributed by atoms with Crippen LogP contribution >= 0.6 is 0 Å². The number of anilines is 1. The Kier molecular flexibility index (Phi) is 10.8. The van der Waals surface area contributed by atoms with Crippen molar-refractivity contribution < 1.29 is 9.59 Å². The van der Waals surface area contributed by atoms with Gasteiger partial charge in [-0.05, 0) is 96.9 Å². The van der Waals surface area contributed by atoms with Crippen LogP contribution in [-0.2, 0) is 16.0 Å². The Morgan fingerprint density at radius 1 is 0.776 bits per heavy atom. The normalized spacial score (nSPS) is 26.2. The molecule has 2 saturated carbocycles. The molecule has 3 aromatic rings. The zero-order valence-electron chi connectivity index (χ0n) is 29.2. The minimum absolute atomic E-state index is 0.0987. The molecule has 256 valence electrons. The number of carbonyl (C=O) groups excluding carboxylic acids is 2. The van der Waals surface area contributed by atoms with Gasteiger partial charge in [0, 0.05) is 31.7 Å². The molecule has 7 rings (SSSR count). The van der Waals surface area contributed by atoms with Crippen LogP contribution < -0.4 is 4.90 Å². The number of carbonyl (C=O) groups is 2. The van der Waals surface area contributed by atoms with E-state index < -0.39 is 0 Å². The molecule has 4 nitrogen and oxygen atoms in total. The number of nitrogens with zero attached hydrogens (tertiary/aromatic N) is 2. The SMILES string of the molecule is O=C1CC(C(=O)N(CCCCCC2CCCC3(CC2)CCC2C=CC=CC23)c2ccccc2)CN1CCc1ccc(-c2ccccc2)cc1. The highest BCUT2D eigenvalue weighted by molar-refractivity contribution is 5.99. The van der Waals surface area contributed by atoms with Gasteiger partial charge in [0.1, 0.15) is 0 Å². The number of benzene rings is 3. The third-order valence-electron chi connectivity index (χ3n) is 12.4. The van der Waals surface area contributed by atoms with Gasteiger partial charge in [0.25, 0.3) is 0 Å². The minimum Gasteiger partial charge on any atom is -0.342 e. The fourth-order valence-corrected chi connectivity index (χ4v) is 9.57. The lowest BCUT2D eigenvalue weighted by atomic mass is 9.69. The molecule has 0 N–H and O–H groups in total. The van der Waals surface area contributed by atoms with E-state index in [1.165, 1.54) is 74.5 Å². The van der Waals surface area contributed by atoms with E-state index in [0.29, 0.717) is 24.9 Å². The number of hydrogen-bond acceptors (Lipinski definition) is 2. The van der Waals surface area contributed by atoms with E-state index in [4.69, 9.17) is 0 Å². The van der Waals surface area contributed by atoms with Crippen molar-refractivity contribution in [3.05, 3.63) is 115 Å². The Morgan fingerprint density at radius 2 is 1.51 bits per heavy atom. The van der Waals surface area contributed by atoms with E-state index in [1.807, 2.05) is 46.2 Å². The molecule has 5 atom stereocenters. The molecule has 2 amide bonds. The van der Waals surface area contributed by atoms with Crippen LogP contribution in [0.1, 0.15) is 82.6 Å². The second kappa shape index (κ2) is 15.7.